The first kappa shape index (κ1) is 27.3. The molecule has 38 heavy (non-hydrogen) atoms. The van der Waals surface area contributed by atoms with Gasteiger partial charge in [-0.15, -0.1) is 0 Å². The highest BCUT2D eigenvalue weighted by Crippen LogP contribution is 2.41. The second-order valence-corrected chi connectivity index (χ2v) is 9.53. The van der Waals surface area contributed by atoms with Crippen molar-refractivity contribution in [1.29, 1.82) is 0 Å². The second kappa shape index (κ2) is 12.2. The molecule has 1 aliphatic heterocycles. The molecule has 2 aromatic carbocycles. The van der Waals surface area contributed by atoms with Gasteiger partial charge in [0.05, 0.1) is 18.8 Å². The van der Waals surface area contributed by atoms with Gasteiger partial charge in [-0.1, -0.05) is 19.1 Å². The molecule has 3 aromatic rings. The Hall–Kier alpha value is -3.72. The predicted octanol–water partition coefficient (Wildman–Crippen LogP) is 4.69. The lowest BCUT2D eigenvalue weighted by Gasteiger charge is -2.27. The Morgan fingerprint density at radius 2 is 1.74 bits per heavy atom. The zero-order valence-electron chi connectivity index (χ0n) is 22.2. The summed E-state index contributed by atoms with van der Waals surface area (Å²) in [6.07, 6.45) is 3.47. The van der Waals surface area contributed by atoms with Crippen LogP contribution in [-0.2, 0) is 11.3 Å². The molecule has 1 aliphatic rings. The molecule has 1 aromatic heterocycles. The van der Waals surface area contributed by atoms with E-state index in [0.717, 1.165) is 29.5 Å². The van der Waals surface area contributed by atoms with Crippen LogP contribution >= 0.6 is 0 Å². The van der Waals surface area contributed by atoms with Crippen molar-refractivity contribution in [3.05, 3.63) is 70.4 Å². The molecule has 0 saturated carbocycles. The van der Waals surface area contributed by atoms with Gasteiger partial charge in [0.25, 0.3) is 5.56 Å². The largest absolute Gasteiger partial charge is 0.493 e. The third-order valence-electron chi connectivity index (χ3n) is 7.00. The number of nitrogens with one attached hydrogen (secondary N) is 2. The van der Waals surface area contributed by atoms with Crippen LogP contribution in [0.3, 0.4) is 0 Å². The van der Waals surface area contributed by atoms with Crippen molar-refractivity contribution < 1.29 is 18.7 Å². The Labute approximate surface area is 222 Å². The van der Waals surface area contributed by atoms with Gasteiger partial charge in [0.2, 0.25) is 11.9 Å². The summed E-state index contributed by atoms with van der Waals surface area (Å²) in [5, 5.41) is 3.51. The van der Waals surface area contributed by atoms with Gasteiger partial charge >= 0.3 is 0 Å². The lowest BCUT2D eigenvalue weighted by atomic mass is 9.81. The molecule has 2 heterocycles. The molecular weight excluding hydrogens is 487 g/mol. The third kappa shape index (κ3) is 6.22. The minimum Gasteiger partial charge on any atom is -0.493 e. The Kier molecular flexibility index (Phi) is 8.78. The maximum atomic E-state index is 13.5. The van der Waals surface area contributed by atoms with Gasteiger partial charge in [0.1, 0.15) is 17.3 Å². The predicted molar refractivity (Wildman–Crippen MR) is 145 cm³/mol. The summed E-state index contributed by atoms with van der Waals surface area (Å²) in [7, 11) is 0. The van der Waals surface area contributed by atoms with E-state index in [9.17, 15) is 14.0 Å². The van der Waals surface area contributed by atoms with Gasteiger partial charge in [0.15, 0.2) is 0 Å². The van der Waals surface area contributed by atoms with Crippen LogP contribution in [-0.4, -0.2) is 42.2 Å². The van der Waals surface area contributed by atoms with E-state index in [4.69, 9.17) is 9.47 Å². The number of carbonyl (C=O) groups excluding carboxylic acids is 1. The van der Waals surface area contributed by atoms with Gasteiger partial charge in [0, 0.05) is 31.8 Å². The van der Waals surface area contributed by atoms with E-state index in [-0.39, 0.29) is 22.7 Å². The summed E-state index contributed by atoms with van der Waals surface area (Å²) in [5.41, 5.74) is 2.16. The molecule has 0 bridgehead atoms. The van der Waals surface area contributed by atoms with E-state index in [1.54, 1.807) is 17.0 Å². The zero-order chi connectivity index (χ0) is 27.1. The Bertz CT molecular complexity index is 1280. The lowest BCUT2D eigenvalue weighted by molar-refractivity contribution is -0.117. The Morgan fingerprint density at radius 3 is 2.34 bits per heavy atom. The number of hydrogen-bond donors (Lipinski definition) is 2. The molecule has 8 nitrogen and oxygen atoms in total. The van der Waals surface area contributed by atoms with Crippen LogP contribution in [0.1, 0.15) is 45.6 Å². The van der Waals surface area contributed by atoms with Gasteiger partial charge in [-0.2, -0.15) is 0 Å². The van der Waals surface area contributed by atoms with Crippen LogP contribution in [0.25, 0.3) is 11.1 Å². The Balaban J connectivity index is 1.46. The van der Waals surface area contributed by atoms with Gasteiger partial charge in [-0.3, -0.25) is 19.5 Å². The first-order valence-corrected chi connectivity index (χ1v) is 13.1. The third-order valence-corrected chi connectivity index (χ3v) is 7.00. The number of rotatable bonds is 12. The minimum atomic E-state index is -0.296. The molecule has 9 heteroatoms. The van der Waals surface area contributed by atoms with E-state index >= 15 is 0 Å². The van der Waals surface area contributed by atoms with E-state index < -0.39 is 0 Å². The van der Waals surface area contributed by atoms with Crippen LogP contribution in [0.2, 0.25) is 0 Å². The van der Waals surface area contributed by atoms with E-state index in [1.165, 1.54) is 24.4 Å². The molecule has 1 atom stereocenters. The van der Waals surface area contributed by atoms with Crippen LogP contribution in [0.4, 0.5) is 10.3 Å². The second-order valence-electron chi connectivity index (χ2n) is 9.53. The summed E-state index contributed by atoms with van der Waals surface area (Å²) in [6, 6.07) is 11.6. The first-order valence-electron chi connectivity index (χ1n) is 13.1. The molecule has 0 aliphatic carbocycles. The van der Waals surface area contributed by atoms with Crippen molar-refractivity contribution in [2.75, 3.05) is 31.2 Å². The van der Waals surface area contributed by atoms with Crippen molar-refractivity contribution in [3.63, 3.8) is 0 Å². The molecule has 1 amide bonds. The van der Waals surface area contributed by atoms with Crippen molar-refractivity contribution >= 4 is 11.9 Å². The zero-order valence-corrected chi connectivity index (χ0v) is 22.2. The number of halogens is 1. The fraction of sp³-hybridized carbons (Fsp3) is 0.414. The number of aromatic nitrogens is 2. The van der Waals surface area contributed by atoms with Crippen LogP contribution in [0.5, 0.6) is 11.5 Å². The normalized spacial score (nSPS) is 17.2. The lowest BCUT2D eigenvalue weighted by Crippen LogP contribution is -2.32. The quantitative estimate of drug-likeness (QED) is 0.335. The number of amides is 1. The summed E-state index contributed by atoms with van der Waals surface area (Å²) in [5.74, 6) is 1.36. The monoisotopic (exact) mass is 522 g/mol. The van der Waals surface area contributed by atoms with Crippen molar-refractivity contribution in [3.8, 4) is 22.6 Å². The number of nitrogens with zero attached hydrogens (tertiary/aromatic N) is 2. The smallest absolute Gasteiger partial charge is 0.252 e. The number of aromatic amines is 1. The molecule has 1 saturated heterocycles. The molecule has 2 N–H and O–H groups in total. The molecule has 1 unspecified atom stereocenters. The number of H-pyrrole nitrogens is 1. The number of benzene rings is 2. The molecule has 202 valence electrons. The fourth-order valence-electron chi connectivity index (χ4n) is 4.94. The minimum absolute atomic E-state index is 0.0275. The van der Waals surface area contributed by atoms with Crippen LogP contribution < -0.4 is 25.2 Å². The maximum absolute atomic E-state index is 13.5. The molecule has 0 spiro atoms. The van der Waals surface area contributed by atoms with Crippen molar-refractivity contribution in [2.45, 2.75) is 46.6 Å². The molecule has 1 fully saturated rings. The molecular formula is C29H35FN4O4. The number of carbonyl (C=O) groups is 1. The van der Waals surface area contributed by atoms with Crippen LogP contribution in [0, 0.1) is 11.2 Å². The van der Waals surface area contributed by atoms with Crippen molar-refractivity contribution in [1.82, 2.24) is 15.3 Å². The fourth-order valence-corrected chi connectivity index (χ4v) is 4.94. The van der Waals surface area contributed by atoms with E-state index in [2.05, 4.69) is 22.2 Å². The number of hydrogen-bond acceptors (Lipinski definition) is 6. The molecule has 4 rings (SSSR count). The highest BCUT2D eigenvalue weighted by molar-refractivity contribution is 5.94. The van der Waals surface area contributed by atoms with E-state index in [0.29, 0.717) is 56.7 Å². The first-order chi connectivity index (χ1) is 18.4. The summed E-state index contributed by atoms with van der Waals surface area (Å²) < 4.78 is 25.5. The average molecular weight is 523 g/mol. The van der Waals surface area contributed by atoms with Crippen LogP contribution in [0.15, 0.2) is 53.5 Å². The molecule has 0 radical (unpaired) electrons. The van der Waals surface area contributed by atoms with E-state index in [1.807, 2.05) is 26.0 Å². The van der Waals surface area contributed by atoms with Gasteiger partial charge in [-0.05, 0) is 74.0 Å². The topological polar surface area (TPSA) is 96.5 Å². The standard InChI is InChI=1S/C29H35FN4O4/c1-4-29(17-26(36)34(19-29)28-32-13-11-25(35)33-28)12-14-31-18-20-15-23(37-5-2)27(24(16-20)38-6-3)21-7-9-22(30)10-8-21/h7-11,13,15-16,31H,4-6,12,14,17-19H2,1-3H3,(H,32,33,35). The highest BCUT2D eigenvalue weighted by Gasteiger charge is 2.42. The summed E-state index contributed by atoms with van der Waals surface area (Å²) in [6.45, 7) is 8.74. The number of ether oxygens (including phenoxy) is 2. The van der Waals surface area contributed by atoms with Crippen molar-refractivity contribution in [2.24, 2.45) is 5.41 Å². The summed E-state index contributed by atoms with van der Waals surface area (Å²) >= 11 is 0. The average Bonchev–Trinajstić information content (AvgIpc) is 3.24. The maximum Gasteiger partial charge on any atom is 0.252 e. The Morgan fingerprint density at radius 1 is 1.05 bits per heavy atom. The summed E-state index contributed by atoms with van der Waals surface area (Å²) in [4.78, 5) is 32.9. The SMILES string of the molecule is CCOc1cc(CNCCC2(CC)CC(=O)N(c3nccc(=O)[nH]3)C2)cc(OCC)c1-c1ccc(F)cc1. The highest BCUT2D eigenvalue weighted by atomic mass is 19.1. The van der Waals surface area contributed by atoms with Gasteiger partial charge < -0.3 is 14.8 Å². The van der Waals surface area contributed by atoms with Gasteiger partial charge in [-0.25, -0.2) is 9.37 Å². The number of anilines is 1.